The molecule has 0 radical (unpaired) electrons. The van der Waals surface area contributed by atoms with Crippen LogP contribution < -0.4 is 0 Å². The van der Waals surface area contributed by atoms with Gasteiger partial charge in [0.05, 0.1) is 5.02 Å². The predicted octanol–water partition coefficient (Wildman–Crippen LogP) is 2.18. The second kappa shape index (κ2) is 4.55. The number of nitrogens with zero attached hydrogens (tertiary/aromatic N) is 3. The Labute approximate surface area is 103 Å². The minimum Gasteiger partial charge on any atom is -0.476 e. The molecule has 2 heterocycles. The second-order valence-electron chi connectivity index (χ2n) is 3.43. The third kappa shape index (κ3) is 2.29. The fraction of sp³-hybridized carbons (Fsp3) is 0.182. The summed E-state index contributed by atoms with van der Waals surface area (Å²) in [6.07, 6.45) is 2.17. The lowest BCUT2D eigenvalue weighted by Gasteiger charge is -2.03. The van der Waals surface area contributed by atoms with E-state index in [0.29, 0.717) is 17.3 Å². The first-order chi connectivity index (χ1) is 8.11. The van der Waals surface area contributed by atoms with Gasteiger partial charge in [-0.25, -0.2) is 14.5 Å². The van der Waals surface area contributed by atoms with E-state index in [2.05, 4.69) is 10.1 Å². The van der Waals surface area contributed by atoms with Crippen LogP contribution in [-0.4, -0.2) is 25.8 Å². The van der Waals surface area contributed by atoms with Crippen LogP contribution in [0.15, 0.2) is 24.4 Å². The Morgan fingerprint density at radius 2 is 2.29 bits per heavy atom. The number of pyridine rings is 1. The van der Waals surface area contributed by atoms with E-state index >= 15 is 0 Å². The van der Waals surface area contributed by atoms with Crippen molar-refractivity contribution in [3.8, 4) is 5.82 Å². The van der Waals surface area contributed by atoms with Gasteiger partial charge in [-0.05, 0) is 24.6 Å². The summed E-state index contributed by atoms with van der Waals surface area (Å²) >= 11 is 5.74. The van der Waals surface area contributed by atoms with Gasteiger partial charge in [0.2, 0.25) is 0 Å². The average Bonchev–Trinajstić information content (AvgIpc) is 2.74. The molecule has 2 aromatic heterocycles. The molecule has 0 spiro atoms. The molecule has 0 bridgehead atoms. The Kier molecular flexibility index (Phi) is 3.10. The third-order valence-electron chi connectivity index (χ3n) is 2.29. The van der Waals surface area contributed by atoms with Crippen LogP contribution in [0, 0.1) is 0 Å². The van der Waals surface area contributed by atoms with Crippen LogP contribution in [0.2, 0.25) is 5.02 Å². The van der Waals surface area contributed by atoms with Gasteiger partial charge in [-0.1, -0.05) is 18.5 Å². The molecular weight excluding hydrogens is 242 g/mol. The standard InChI is InChI=1S/C11H10ClN3O2/c1-2-8-5-9(11(16)17)14-15(8)10-4-3-7(12)6-13-10/h3-6H,2H2,1H3,(H,16,17). The van der Waals surface area contributed by atoms with E-state index in [9.17, 15) is 4.79 Å². The number of carboxylic acid groups (broad SMARTS) is 1. The lowest BCUT2D eigenvalue weighted by Crippen LogP contribution is -2.05. The Bertz CT molecular complexity index is 548. The van der Waals surface area contributed by atoms with E-state index in [1.807, 2.05) is 6.92 Å². The first kappa shape index (κ1) is 11.6. The van der Waals surface area contributed by atoms with Crippen molar-refractivity contribution >= 4 is 17.6 Å². The Morgan fingerprint density at radius 3 is 2.82 bits per heavy atom. The summed E-state index contributed by atoms with van der Waals surface area (Å²) in [5, 5.41) is 13.4. The van der Waals surface area contributed by atoms with Gasteiger partial charge in [0, 0.05) is 11.9 Å². The average molecular weight is 252 g/mol. The first-order valence-corrected chi connectivity index (χ1v) is 5.43. The van der Waals surface area contributed by atoms with E-state index in [1.54, 1.807) is 18.2 Å². The lowest BCUT2D eigenvalue weighted by atomic mass is 10.3. The first-order valence-electron chi connectivity index (χ1n) is 5.06. The lowest BCUT2D eigenvalue weighted by molar-refractivity contribution is 0.0690. The number of hydrogen-bond acceptors (Lipinski definition) is 3. The van der Waals surface area contributed by atoms with Crippen molar-refractivity contribution in [2.75, 3.05) is 0 Å². The van der Waals surface area contributed by atoms with Crippen molar-refractivity contribution in [1.82, 2.24) is 14.8 Å². The van der Waals surface area contributed by atoms with Gasteiger partial charge in [0.15, 0.2) is 11.5 Å². The van der Waals surface area contributed by atoms with Crippen molar-refractivity contribution in [2.24, 2.45) is 0 Å². The number of carbonyl (C=O) groups is 1. The van der Waals surface area contributed by atoms with Crippen LogP contribution in [0.4, 0.5) is 0 Å². The maximum absolute atomic E-state index is 10.9. The minimum atomic E-state index is -1.05. The molecular formula is C11H10ClN3O2. The molecule has 17 heavy (non-hydrogen) atoms. The van der Waals surface area contributed by atoms with Gasteiger partial charge < -0.3 is 5.11 Å². The van der Waals surface area contributed by atoms with Crippen LogP contribution in [0.25, 0.3) is 5.82 Å². The summed E-state index contributed by atoms with van der Waals surface area (Å²) in [5.74, 6) is -0.494. The fourth-order valence-corrected chi connectivity index (χ4v) is 1.58. The molecule has 5 nitrogen and oxygen atoms in total. The summed E-state index contributed by atoms with van der Waals surface area (Å²) in [4.78, 5) is 15.0. The number of halogens is 1. The molecule has 0 aliphatic heterocycles. The molecule has 0 saturated heterocycles. The topological polar surface area (TPSA) is 68.0 Å². The Balaban J connectivity index is 2.50. The summed E-state index contributed by atoms with van der Waals surface area (Å²) < 4.78 is 1.51. The molecule has 0 fully saturated rings. The van der Waals surface area contributed by atoms with Crippen molar-refractivity contribution in [3.63, 3.8) is 0 Å². The Morgan fingerprint density at radius 1 is 1.53 bits per heavy atom. The molecule has 6 heteroatoms. The quantitative estimate of drug-likeness (QED) is 0.908. The second-order valence-corrected chi connectivity index (χ2v) is 3.86. The number of carboxylic acids is 1. The predicted molar refractivity (Wildman–Crippen MR) is 62.7 cm³/mol. The highest BCUT2D eigenvalue weighted by atomic mass is 35.5. The zero-order chi connectivity index (χ0) is 12.4. The van der Waals surface area contributed by atoms with Gasteiger partial charge in [0.1, 0.15) is 0 Å². The van der Waals surface area contributed by atoms with E-state index in [4.69, 9.17) is 16.7 Å². The van der Waals surface area contributed by atoms with Crippen molar-refractivity contribution in [3.05, 3.63) is 40.8 Å². The zero-order valence-electron chi connectivity index (χ0n) is 9.09. The van der Waals surface area contributed by atoms with Gasteiger partial charge in [-0.3, -0.25) is 0 Å². The highest BCUT2D eigenvalue weighted by Crippen LogP contribution is 2.14. The number of hydrogen-bond donors (Lipinski definition) is 1. The van der Waals surface area contributed by atoms with Gasteiger partial charge >= 0.3 is 5.97 Å². The number of aromatic carboxylic acids is 1. The van der Waals surface area contributed by atoms with Crippen molar-refractivity contribution in [1.29, 1.82) is 0 Å². The third-order valence-corrected chi connectivity index (χ3v) is 2.52. The molecule has 88 valence electrons. The number of rotatable bonds is 3. The number of aryl methyl sites for hydroxylation is 1. The SMILES string of the molecule is CCc1cc(C(=O)O)nn1-c1ccc(Cl)cn1. The van der Waals surface area contributed by atoms with Gasteiger partial charge in [0.25, 0.3) is 0 Å². The molecule has 2 rings (SSSR count). The molecule has 2 aromatic rings. The van der Waals surface area contributed by atoms with Gasteiger partial charge in [-0.2, -0.15) is 5.10 Å². The van der Waals surface area contributed by atoms with E-state index < -0.39 is 5.97 Å². The maximum Gasteiger partial charge on any atom is 0.356 e. The van der Waals surface area contributed by atoms with Crippen LogP contribution >= 0.6 is 11.6 Å². The normalized spacial score (nSPS) is 10.5. The fourth-order valence-electron chi connectivity index (χ4n) is 1.47. The molecule has 0 unspecified atom stereocenters. The number of aromatic nitrogens is 3. The van der Waals surface area contributed by atoms with Crippen LogP contribution in [0.5, 0.6) is 0 Å². The smallest absolute Gasteiger partial charge is 0.356 e. The largest absolute Gasteiger partial charge is 0.476 e. The van der Waals surface area contributed by atoms with Crippen LogP contribution in [0.1, 0.15) is 23.1 Å². The van der Waals surface area contributed by atoms with E-state index in [-0.39, 0.29) is 5.69 Å². The molecule has 0 aliphatic carbocycles. The van der Waals surface area contributed by atoms with Crippen LogP contribution in [-0.2, 0) is 6.42 Å². The molecule has 0 atom stereocenters. The highest BCUT2D eigenvalue weighted by molar-refractivity contribution is 6.30. The molecule has 0 amide bonds. The maximum atomic E-state index is 10.9. The minimum absolute atomic E-state index is 0.0126. The summed E-state index contributed by atoms with van der Waals surface area (Å²) in [6, 6.07) is 4.92. The Hall–Kier alpha value is -1.88. The molecule has 0 aromatic carbocycles. The van der Waals surface area contributed by atoms with Crippen LogP contribution in [0.3, 0.4) is 0 Å². The monoisotopic (exact) mass is 251 g/mol. The summed E-state index contributed by atoms with van der Waals surface area (Å²) in [6.45, 7) is 1.93. The van der Waals surface area contributed by atoms with Crippen molar-refractivity contribution < 1.29 is 9.90 Å². The summed E-state index contributed by atoms with van der Waals surface area (Å²) in [7, 11) is 0. The van der Waals surface area contributed by atoms with E-state index in [1.165, 1.54) is 10.9 Å². The van der Waals surface area contributed by atoms with E-state index in [0.717, 1.165) is 5.69 Å². The van der Waals surface area contributed by atoms with Gasteiger partial charge in [-0.15, -0.1) is 0 Å². The summed E-state index contributed by atoms with van der Waals surface area (Å²) in [5.41, 5.74) is 0.802. The van der Waals surface area contributed by atoms with Crippen molar-refractivity contribution in [2.45, 2.75) is 13.3 Å². The molecule has 1 N–H and O–H groups in total. The molecule has 0 saturated carbocycles. The highest BCUT2D eigenvalue weighted by Gasteiger charge is 2.13. The molecule has 0 aliphatic rings. The zero-order valence-corrected chi connectivity index (χ0v) is 9.85.